The average molecular weight is 220 g/mol. The molecule has 2 rings (SSSR count). The third kappa shape index (κ3) is 1.97. The molecule has 0 spiro atoms. The maximum atomic E-state index is 12.8. The fraction of sp³-hybridized carbons (Fsp3) is 0.250. The van der Waals surface area contributed by atoms with Crippen LogP contribution in [0.25, 0.3) is 11.3 Å². The van der Waals surface area contributed by atoms with Crippen molar-refractivity contribution in [3.8, 4) is 11.3 Å². The van der Waals surface area contributed by atoms with E-state index < -0.39 is 0 Å². The van der Waals surface area contributed by atoms with Gasteiger partial charge in [-0.05, 0) is 30.7 Å². The molecule has 1 aromatic heterocycles. The summed E-state index contributed by atoms with van der Waals surface area (Å²) in [6.07, 6.45) is 0.791. The van der Waals surface area contributed by atoms with Crippen molar-refractivity contribution in [3.63, 3.8) is 0 Å². The van der Waals surface area contributed by atoms with Crippen molar-refractivity contribution in [2.24, 2.45) is 0 Å². The molecule has 0 aliphatic heterocycles. The fourth-order valence-corrected chi connectivity index (χ4v) is 1.64. The molecule has 0 unspecified atom stereocenters. The predicted molar refractivity (Wildman–Crippen MR) is 59.3 cm³/mol. The molecule has 0 fully saturated rings. The van der Waals surface area contributed by atoms with Crippen LogP contribution in [-0.4, -0.2) is 15.1 Å². The number of halogens is 1. The zero-order valence-electron chi connectivity index (χ0n) is 9.00. The fourth-order valence-electron chi connectivity index (χ4n) is 1.64. The highest BCUT2D eigenvalue weighted by molar-refractivity contribution is 5.62. The number of benzene rings is 1. The molecule has 1 aromatic carbocycles. The number of aromatic amines is 1. The summed E-state index contributed by atoms with van der Waals surface area (Å²) in [5.41, 5.74) is 2.59. The van der Waals surface area contributed by atoms with Crippen LogP contribution in [0.15, 0.2) is 24.3 Å². The molecule has 2 aromatic rings. The third-order valence-electron chi connectivity index (χ3n) is 2.45. The highest BCUT2D eigenvalue weighted by atomic mass is 19.1. The highest BCUT2D eigenvalue weighted by Crippen LogP contribution is 2.22. The monoisotopic (exact) mass is 220 g/mol. The van der Waals surface area contributed by atoms with Crippen LogP contribution in [0, 0.1) is 5.82 Å². The lowest BCUT2D eigenvalue weighted by Crippen LogP contribution is -1.86. The number of aliphatic hydroxyl groups excluding tert-OH is 1. The van der Waals surface area contributed by atoms with Crippen molar-refractivity contribution < 1.29 is 9.50 Å². The molecule has 0 saturated heterocycles. The van der Waals surface area contributed by atoms with Crippen molar-refractivity contribution in [1.82, 2.24) is 9.97 Å². The average Bonchev–Trinajstić information content (AvgIpc) is 2.73. The molecule has 4 heteroatoms. The van der Waals surface area contributed by atoms with E-state index >= 15 is 0 Å². The van der Waals surface area contributed by atoms with Crippen LogP contribution in [0.3, 0.4) is 0 Å². The molecule has 1 heterocycles. The van der Waals surface area contributed by atoms with Gasteiger partial charge in [0.15, 0.2) is 0 Å². The van der Waals surface area contributed by atoms with E-state index in [1.807, 2.05) is 6.92 Å². The summed E-state index contributed by atoms with van der Waals surface area (Å²) in [7, 11) is 0. The molecule has 2 N–H and O–H groups in total. The normalized spacial score (nSPS) is 10.7. The first-order valence-corrected chi connectivity index (χ1v) is 5.19. The summed E-state index contributed by atoms with van der Waals surface area (Å²) < 4.78 is 12.8. The number of H-pyrrole nitrogens is 1. The van der Waals surface area contributed by atoms with Gasteiger partial charge in [-0.3, -0.25) is 0 Å². The third-order valence-corrected chi connectivity index (χ3v) is 2.45. The van der Waals surface area contributed by atoms with E-state index in [0.717, 1.165) is 23.4 Å². The van der Waals surface area contributed by atoms with Gasteiger partial charge in [0.25, 0.3) is 0 Å². The van der Waals surface area contributed by atoms with Gasteiger partial charge in [0.05, 0.1) is 5.69 Å². The van der Waals surface area contributed by atoms with Gasteiger partial charge in [-0.25, -0.2) is 9.37 Å². The Morgan fingerprint density at radius 2 is 2.00 bits per heavy atom. The van der Waals surface area contributed by atoms with E-state index in [9.17, 15) is 4.39 Å². The predicted octanol–water partition coefficient (Wildman–Crippen LogP) is 2.27. The molecular formula is C12H13FN2O. The largest absolute Gasteiger partial charge is 0.388 e. The van der Waals surface area contributed by atoms with E-state index in [1.54, 1.807) is 12.1 Å². The smallest absolute Gasteiger partial charge is 0.132 e. The standard InChI is InChI=1S/C12H13FN2O/c1-2-10-12(15-11(7-16)14-10)8-3-5-9(13)6-4-8/h3-6,16H,2,7H2,1H3,(H,14,15). The SMILES string of the molecule is CCc1[nH]c(CO)nc1-c1ccc(F)cc1. The zero-order chi connectivity index (χ0) is 11.5. The lowest BCUT2D eigenvalue weighted by molar-refractivity contribution is 0.272. The quantitative estimate of drug-likeness (QED) is 0.833. The maximum Gasteiger partial charge on any atom is 0.132 e. The summed E-state index contributed by atoms with van der Waals surface area (Å²) in [4.78, 5) is 7.31. The number of aliphatic hydroxyl groups is 1. The van der Waals surface area contributed by atoms with Gasteiger partial charge in [0, 0.05) is 11.3 Å². The second-order valence-corrected chi connectivity index (χ2v) is 3.53. The van der Waals surface area contributed by atoms with Crippen LogP contribution in [0.5, 0.6) is 0 Å². The van der Waals surface area contributed by atoms with Gasteiger partial charge < -0.3 is 10.1 Å². The zero-order valence-corrected chi connectivity index (χ0v) is 9.00. The minimum Gasteiger partial charge on any atom is -0.388 e. The number of aromatic nitrogens is 2. The van der Waals surface area contributed by atoms with Crippen LogP contribution in [0.2, 0.25) is 0 Å². The van der Waals surface area contributed by atoms with E-state index in [1.165, 1.54) is 12.1 Å². The van der Waals surface area contributed by atoms with Crippen LogP contribution in [0.1, 0.15) is 18.4 Å². The topological polar surface area (TPSA) is 48.9 Å². The Labute approximate surface area is 93.0 Å². The van der Waals surface area contributed by atoms with Gasteiger partial charge >= 0.3 is 0 Å². The Bertz CT molecular complexity index is 476. The highest BCUT2D eigenvalue weighted by Gasteiger charge is 2.10. The van der Waals surface area contributed by atoms with E-state index in [0.29, 0.717) is 5.82 Å². The van der Waals surface area contributed by atoms with Gasteiger partial charge in [0.1, 0.15) is 18.2 Å². The number of imidazole rings is 1. The summed E-state index contributed by atoms with van der Waals surface area (Å²) in [5, 5.41) is 9.01. The molecule has 0 radical (unpaired) electrons. The summed E-state index contributed by atoms with van der Waals surface area (Å²) in [6, 6.07) is 6.18. The van der Waals surface area contributed by atoms with Crippen molar-refractivity contribution in [2.45, 2.75) is 20.0 Å². The van der Waals surface area contributed by atoms with E-state index in [4.69, 9.17) is 5.11 Å². The minimum absolute atomic E-state index is 0.117. The molecule has 3 nitrogen and oxygen atoms in total. The number of rotatable bonds is 3. The van der Waals surface area contributed by atoms with Crippen molar-refractivity contribution in [2.75, 3.05) is 0 Å². The van der Waals surface area contributed by atoms with Gasteiger partial charge in [-0.15, -0.1) is 0 Å². The number of nitrogens with one attached hydrogen (secondary N) is 1. The Kier molecular flexibility index (Phi) is 3.01. The summed E-state index contributed by atoms with van der Waals surface area (Å²) in [5.74, 6) is 0.274. The molecule has 0 aliphatic rings. The van der Waals surface area contributed by atoms with Crippen molar-refractivity contribution in [3.05, 3.63) is 41.6 Å². The summed E-state index contributed by atoms with van der Waals surface area (Å²) >= 11 is 0. The molecule has 84 valence electrons. The van der Waals surface area contributed by atoms with Crippen LogP contribution >= 0.6 is 0 Å². The molecule has 16 heavy (non-hydrogen) atoms. The maximum absolute atomic E-state index is 12.8. The Morgan fingerprint density at radius 1 is 1.31 bits per heavy atom. The van der Waals surface area contributed by atoms with Crippen molar-refractivity contribution in [1.29, 1.82) is 0 Å². The molecule has 0 aliphatic carbocycles. The molecular weight excluding hydrogens is 207 g/mol. The Balaban J connectivity index is 2.45. The molecule has 0 atom stereocenters. The Morgan fingerprint density at radius 3 is 2.56 bits per heavy atom. The van der Waals surface area contributed by atoms with Gasteiger partial charge in [-0.1, -0.05) is 6.92 Å². The lowest BCUT2D eigenvalue weighted by atomic mass is 10.1. The van der Waals surface area contributed by atoms with Crippen molar-refractivity contribution >= 4 is 0 Å². The van der Waals surface area contributed by atoms with E-state index in [2.05, 4.69) is 9.97 Å². The second-order valence-electron chi connectivity index (χ2n) is 3.53. The first-order chi connectivity index (χ1) is 7.74. The first kappa shape index (κ1) is 10.8. The molecule has 0 bridgehead atoms. The Hall–Kier alpha value is -1.68. The number of aryl methyl sites for hydroxylation is 1. The van der Waals surface area contributed by atoms with E-state index in [-0.39, 0.29) is 12.4 Å². The molecule has 0 amide bonds. The number of hydrogen-bond donors (Lipinski definition) is 2. The minimum atomic E-state index is -0.264. The summed E-state index contributed by atoms with van der Waals surface area (Å²) in [6.45, 7) is 1.88. The number of hydrogen-bond acceptors (Lipinski definition) is 2. The van der Waals surface area contributed by atoms with Crippen LogP contribution < -0.4 is 0 Å². The van der Waals surface area contributed by atoms with Gasteiger partial charge in [-0.2, -0.15) is 0 Å². The van der Waals surface area contributed by atoms with Crippen LogP contribution in [-0.2, 0) is 13.0 Å². The first-order valence-electron chi connectivity index (χ1n) is 5.19. The van der Waals surface area contributed by atoms with Crippen LogP contribution in [0.4, 0.5) is 4.39 Å². The van der Waals surface area contributed by atoms with Gasteiger partial charge in [0.2, 0.25) is 0 Å². The molecule has 0 saturated carbocycles. The lowest BCUT2D eigenvalue weighted by Gasteiger charge is -1.99. The number of nitrogens with zero attached hydrogens (tertiary/aromatic N) is 1. The second kappa shape index (κ2) is 4.45.